The topological polar surface area (TPSA) is 22.1 Å². The molecule has 0 saturated heterocycles. The van der Waals surface area contributed by atoms with E-state index in [4.69, 9.17) is 16.3 Å². The van der Waals surface area contributed by atoms with Gasteiger partial charge in [0.15, 0.2) is 0 Å². The summed E-state index contributed by atoms with van der Waals surface area (Å²) in [6.45, 7) is 0. The molecule has 1 rings (SSSR count). The van der Waals surface area contributed by atoms with E-state index in [9.17, 15) is 8.78 Å². The van der Waals surface area contributed by atoms with E-state index in [1.165, 1.54) is 13.2 Å². The van der Waals surface area contributed by atoms with Crippen molar-refractivity contribution >= 4 is 27.5 Å². The minimum atomic E-state index is -2.62. The summed E-state index contributed by atoms with van der Waals surface area (Å²) in [5, 5.41) is 0.423. The van der Waals surface area contributed by atoms with Crippen LogP contribution in [0.3, 0.4) is 0 Å². The highest BCUT2D eigenvalue weighted by atomic mass is 79.9. The zero-order chi connectivity index (χ0) is 10.7. The second kappa shape index (κ2) is 4.89. The number of rotatable bonds is 3. The van der Waals surface area contributed by atoms with E-state index < -0.39 is 6.43 Å². The third-order valence-electron chi connectivity index (χ3n) is 1.63. The Balaban J connectivity index is 3.33. The number of ether oxygens (including phenoxy) is 1. The Kier molecular flexibility index (Phi) is 4.07. The second-order valence-corrected chi connectivity index (χ2v) is 3.41. The summed E-state index contributed by atoms with van der Waals surface area (Å²) in [5.74, 6) is -0.123. The lowest BCUT2D eigenvalue weighted by atomic mass is 10.1. The maximum absolute atomic E-state index is 12.6. The minimum Gasteiger partial charge on any atom is -0.481 e. The van der Waals surface area contributed by atoms with Crippen molar-refractivity contribution in [1.82, 2.24) is 4.98 Å². The number of pyridine rings is 1. The van der Waals surface area contributed by atoms with Crippen LogP contribution in [-0.2, 0) is 5.33 Å². The van der Waals surface area contributed by atoms with Crippen LogP contribution in [0.5, 0.6) is 5.88 Å². The van der Waals surface area contributed by atoms with Crippen molar-refractivity contribution in [2.45, 2.75) is 11.8 Å². The highest BCUT2D eigenvalue weighted by Gasteiger charge is 2.20. The molecule has 0 aliphatic rings. The summed E-state index contributed by atoms with van der Waals surface area (Å²) >= 11 is 8.73. The van der Waals surface area contributed by atoms with Gasteiger partial charge in [0.1, 0.15) is 5.15 Å². The second-order valence-electron chi connectivity index (χ2n) is 2.46. The number of nitrogens with zero attached hydrogens (tertiary/aromatic N) is 1. The van der Waals surface area contributed by atoms with Gasteiger partial charge < -0.3 is 4.74 Å². The molecule has 0 aliphatic carbocycles. The first-order chi connectivity index (χ1) is 6.60. The van der Waals surface area contributed by atoms with Crippen molar-refractivity contribution in [3.63, 3.8) is 0 Å². The molecule has 0 N–H and O–H groups in total. The largest absolute Gasteiger partial charge is 0.481 e. The van der Waals surface area contributed by atoms with E-state index in [1.807, 2.05) is 0 Å². The molecule has 0 amide bonds. The summed E-state index contributed by atoms with van der Waals surface area (Å²) in [5.41, 5.74) is 0.172. The van der Waals surface area contributed by atoms with Crippen LogP contribution >= 0.6 is 27.5 Å². The van der Waals surface area contributed by atoms with Gasteiger partial charge in [0, 0.05) is 5.33 Å². The zero-order valence-electron chi connectivity index (χ0n) is 7.23. The molecule has 1 aromatic rings. The Morgan fingerprint density at radius 3 is 2.71 bits per heavy atom. The summed E-state index contributed by atoms with van der Waals surface area (Å²) < 4.78 is 30.0. The highest BCUT2D eigenvalue weighted by Crippen LogP contribution is 2.33. The van der Waals surface area contributed by atoms with Crippen molar-refractivity contribution in [3.05, 3.63) is 22.3 Å². The van der Waals surface area contributed by atoms with Crippen molar-refractivity contribution in [2.24, 2.45) is 0 Å². The Hall–Kier alpha value is -0.420. The maximum atomic E-state index is 12.6. The van der Waals surface area contributed by atoms with E-state index in [-0.39, 0.29) is 21.9 Å². The fourth-order valence-corrected chi connectivity index (χ4v) is 1.72. The van der Waals surface area contributed by atoms with Crippen molar-refractivity contribution < 1.29 is 13.5 Å². The van der Waals surface area contributed by atoms with Crippen molar-refractivity contribution in [1.29, 1.82) is 0 Å². The highest BCUT2D eigenvalue weighted by molar-refractivity contribution is 9.08. The van der Waals surface area contributed by atoms with E-state index in [0.29, 0.717) is 5.56 Å². The molecular formula is C8H7BrClF2NO. The fourth-order valence-electron chi connectivity index (χ4n) is 1.05. The van der Waals surface area contributed by atoms with Gasteiger partial charge in [-0.25, -0.2) is 13.8 Å². The number of alkyl halides is 3. The van der Waals surface area contributed by atoms with Gasteiger partial charge >= 0.3 is 0 Å². The maximum Gasteiger partial charge on any atom is 0.269 e. The molecule has 0 atom stereocenters. The quantitative estimate of drug-likeness (QED) is 0.626. The molecule has 0 unspecified atom stereocenters. The van der Waals surface area contributed by atoms with Crippen LogP contribution in [0.4, 0.5) is 8.78 Å². The normalized spacial score (nSPS) is 10.7. The van der Waals surface area contributed by atoms with Crippen molar-refractivity contribution in [2.75, 3.05) is 7.11 Å². The van der Waals surface area contributed by atoms with Crippen LogP contribution < -0.4 is 4.74 Å². The Labute approximate surface area is 93.4 Å². The van der Waals surface area contributed by atoms with Gasteiger partial charge in [0.25, 0.3) is 6.43 Å². The monoisotopic (exact) mass is 285 g/mol. The van der Waals surface area contributed by atoms with E-state index in [0.717, 1.165) is 0 Å². The van der Waals surface area contributed by atoms with Gasteiger partial charge in [-0.2, -0.15) is 0 Å². The Morgan fingerprint density at radius 1 is 1.64 bits per heavy atom. The zero-order valence-corrected chi connectivity index (χ0v) is 9.57. The molecule has 0 aliphatic heterocycles. The average Bonchev–Trinajstić information content (AvgIpc) is 2.15. The lowest BCUT2D eigenvalue weighted by molar-refractivity contribution is 0.145. The van der Waals surface area contributed by atoms with Gasteiger partial charge in [-0.15, -0.1) is 0 Å². The molecule has 2 nitrogen and oxygen atoms in total. The van der Waals surface area contributed by atoms with Crippen molar-refractivity contribution in [3.8, 4) is 5.88 Å². The fraction of sp³-hybridized carbons (Fsp3) is 0.375. The first-order valence-electron chi connectivity index (χ1n) is 3.67. The van der Waals surface area contributed by atoms with Crippen LogP contribution in [0, 0.1) is 0 Å². The molecule has 0 bridgehead atoms. The molecule has 0 fully saturated rings. The predicted molar refractivity (Wildman–Crippen MR) is 53.4 cm³/mol. The number of hydrogen-bond acceptors (Lipinski definition) is 2. The number of hydrogen-bond donors (Lipinski definition) is 0. The van der Waals surface area contributed by atoms with Crippen LogP contribution in [0.2, 0.25) is 5.15 Å². The van der Waals surface area contributed by atoms with Crippen LogP contribution in [0.1, 0.15) is 17.6 Å². The van der Waals surface area contributed by atoms with Gasteiger partial charge in [0.05, 0.1) is 12.7 Å². The lowest BCUT2D eigenvalue weighted by Gasteiger charge is -2.10. The first kappa shape index (κ1) is 11.7. The summed E-state index contributed by atoms with van der Waals surface area (Å²) in [6.07, 6.45) is -2.62. The Bertz CT molecular complexity index is 310. The summed E-state index contributed by atoms with van der Waals surface area (Å²) in [7, 11) is 1.28. The molecule has 14 heavy (non-hydrogen) atoms. The first-order valence-corrected chi connectivity index (χ1v) is 5.17. The van der Waals surface area contributed by atoms with Gasteiger partial charge in [-0.1, -0.05) is 27.5 Å². The number of methoxy groups -OCH3 is 1. The van der Waals surface area contributed by atoms with E-state index in [1.54, 1.807) is 0 Å². The molecule has 6 heteroatoms. The third kappa shape index (κ3) is 2.33. The standard InChI is InChI=1S/C8H7BrClF2NO/c1-14-8-6(7(11)12)4(3-9)2-5(10)13-8/h2,7H,3H2,1H3. The molecule has 0 aromatic carbocycles. The average molecular weight is 287 g/mol. The molecule has 1 aromatic heterocycles. The van der Waals surface area contributed by atoms with E-state index in [2.05, 4.69) is 20.9 Å². The molecule has 0 radical (unpaired) electrons. The molecule has 0 spiro atoms. The molecular weight excluding hydrogens is 279 g/mol. The smallest absolute Gasteiger partial charge is 0.269 e. The SMILES string of the molecule is COc1nc(Cl)cc(CBr)c1C(F)F. The number of aromatic nitrogens is 1. The lowest BCUT2D eigenvalue weighted by Crippen LogP contribution is -2.00. The molecule has 78 valence electrons. The summed E-state index contributed by atoms with van der Waals surface area (Å²) in [4.78, 5) is 3.66. The molecule has 1 heterocycles. The van der Waals surface area contributed by atoms with Gasteiger partial charge in [-0.05, 0) is 11.6 Å². The van der Waals surface area contributed by atoms with Gasteiger partial charge in [0.2, 0.25) is 5.88 Å². The predicted octanol–water partition coefficient (Wildman–Crippen LogP) is 3.58. The van der Waals surface area contributed by atoms with Crippen LogP contribution in [0.15, 0.2) is 6.07 Å². The molecule has 0 saturated carbocycles. The Morgan fingerprint density at radius 2 is 2.29 bits per heavy atom. The minimum absolute atomic E-state index is 0.123. The number of halogens is 4. The van der Waals surface area contributed by atoms with Gasteiger partial charge in [-0.3, -0.25) is 0 Å². The van der Waals surface area contributed by atoms with E-state index >= 15 is 0 Å². The summed E-state index contributed by atoms with van der Waals surface area (Å²) in [6, 6.07) is 1.39. The third-order valence-corrected chi connectivity index (χ3v) is 2.43. The van der Waals surface area contributed by atoms with Crippen LogP contribution in [0.25, 0.3) is 0 Å². The van der Waals surface area contributed by atoms with Crippen LogP contribution in [-0.4, -0.2) is 12.1 Å².